The van der Waals surface area contributed by atoms with Crippen LogP contribution in [-0.2, 0) is 20.9 Å². The summed E-state index contributed by atoms with van der Waals surface area (Å²) < 4.78 is 5.18. The molecule has 4 amide bonds. The Morgan fingerprint density at radius 1 is 0.933 bits per heavy atom. The average Bonchev–Trinajstić information content (AvgIpc) is 3.05. The van der Waals surface area contributed by atoms with Crippen molar-refractivity contribution in [1.29, 1.82) is 0 Å². The van der Waals surface area contributed by atoms with Gasteiger partial charge in [0.05, 0.1) is 13.7 Å². The fourth-order valence-corrected chi connectivity index (χ4v) is 5.46. The fraction of sp³-hybridized carbons (Fsp3) is 0.353. The van der Waals surface area contributed by atoms with Gasteiger partial charge in [-0.25, -0.2) is 14.8 Å². The Bertz CT molecular complexity index is 1400. The topological polar surface area (TPSA) is 123 Å². The average molecular weight is 616 g/mol. The number of benzene rings is 3. The minimum absolute atomic E-state index is 0.0373. The van der Waals surface area contributed by atoms with Gasteiger partial charge in [0.1, 0.15) is 18.5 Å². The molecule has 2 N–H and O–H groups in total. The van der Waals surface area contributed by atoms with E-state index in [4.69, 9.17) is 4.74 Å². The SMILES string of the molecule is COc1ccc(CNC(=O)N2CN(C(CCC(=O)O)C(=O)N(C)CCC(c3ccccc3)c3ccccc3)C(=O)CN2C)cc1. The van der Waals surface area contributed by atoms with E-state index in [2.05, 4.69) is 29.6 Å². The molecule has 3 aromatic carbocycles. The number of ether oxygens (including phenoxy) is 1. The van der Waals surface area contributed by atoms with Crippen LogP contribution in [0.25, 0.3) is 0 Å². The lowest BCUT2D eigenvalue weighted by Gasteiger charge is -2.44. The van der Waals surface area contributed by atoms with Crippen molar-refractivity contribution in [2.75, 3.05) is 41.0 Å². The summed E-state index contributed by atoms with van der Waals surface area (Å²) in [6.45, 7) is 0.297. The van der Waals surface area contributed by atoms with Crippen molar-refractivity contribution in [3.8, 4) is 5.75 Å². The van der Waals surface area contributed by atoms with Gasteiger partial charge in [0.25, 0.3) is 0 Å². The van der Waals surface area contributed by atoms with Crippen LogP contribution in [0.15, 0.2) is 84.9 Å². The summed E-state index contributed by atoms with van der Waals surface area (Å²) in [7, 11) is 4.87. The Kier molecular flexibility index (Phi) is 11.5. The first kappa shape index (κ1) is 33.0. The van der Waals surface area contributed by atoms with Gasteiger partial charge in [-0.05, 0) is 41.7 Å². The summed E-state index contributed by atoms with van der Waals surface area (Å²) in [5.74, 6) is -1.06. The highest BCUT2D eigenvalue weighted by atomic mass is 16.5. The number of carboxylic acid groups (broad SMARTS) is 1. The third-order valence-corrected chi connectivity index (χ3v) is 8.05. The van der Waals surface area contributed by atoms with E-state index >= 15 is 0 Å². The van der Waals surface area contributed by atoms with Gasteiger partial charge in [0, 0.05) is 39.5 Å². The number of carbonyl (C=O) groups excluding carboxylic acids is 3. The maximum atomic E-state index is 13.9. The van der Waals surface area contributed by atoms with E-state index in [1.807, 2.05) is 48.5 Å². The van der Waals surface area contributed by atoms with Gasteiger partial charge in [-0.3, -0.25) is 14.4 Å². The second-order valence-electron chi connectivity index (χ2n) is 11.1. The Morgan fingerprint density at radius 3 is 2.09 bits per heavy atom. The molecule has 1 saturated heterocycles. The number of urea groups is 1. The van der Waals surface area contributed by atoms with Crippen LogP contribution in [0.4, 0.5) is 4.79 Å². The van der Waals surface area contributed by atoms with Crippen molar-refractivity contribution in [3.05, 3.63) is 102 Å². The Morgan fingerprint density at radius 2 is 1.53 bits per heavy atom. The minimum atomic E-state index is -1.07. The summed E-state index contributed by atoms with van der Waals surface area (Å²) in [6.07, 6.45) is 0.249. The molecule has 3 aromatic rings. The number of hydrogen-bond donors (Lipinski definition) is 2. The van der Waals surface area contributed by atoms with Crippen molar-refractivity contribution >= 4 is 23.8 Å². The lowest BCUT2D eigenvalue weighted by molar-refractivity contribution is -0.161. The van der Waals surface area contributed by atoms with Crippen molar-refractivity contribution in [2.24, 2.45) is 0 Å². The smallest absolute Gasteiger partial charge is 0.333 e. The molecule has 0 bridgehead atoms. The van der Waals surface area contributed by atoms with Crippen LogP contribution in [0.3, 0.4) is 0 Å². The highest BCUT2D eigenvalue weighted by molar-refractivity contribution is 5.89. The summed E-state index contributed by atoms with van der Waals surface area (Å²) in [4.78, 5) is 54.8. The third-order valence-electron chi connectivity index (χ3n) is 8.05. The van der Waals surface area contributed by atoms with Gasteiger partial charge in [0.2, 0.25) is 11.8 Å². The second-order valence-corrected chi connectivity index (χ2v) is 11.1. The number of aliphatic carboxylic acids is 1. The summed E-state index contributed by atoms with van der Waals surface area (Å²) in [5, 5.41) is 15.2. The number of carbonyl (C=O) groups is 4. The molecule has 1 fully saturated rings. The summed E-state index contributed by atoms with van der Waals surface area (Å²) >= 11 is 0. The molecule has 1 aliphatic heterocycles. The largest absolute Gasteiger partial charge is 0.497 e. The zero-order valence-corrected chi connectivity index (χ0v) is 26.0. The van der Waals surface area contributed by atoms with Gasteiger partial charge in [-0.1, -0.05) is 72.8 Å². The molecular weight excluding hydrogens is 574 g/mol. The molecule has 0 aromatic heterocycles. The molecule has 238 valence electrons. The first-order valence-corrected chi connectivity index (χ1v) is 14.9. The van der Waals surface area contributed by atoms with E-state index in [1.165, 1.54) is 14.9 Å². The van der Waals surface area contributed by atoms with E-state index in [-0.39, 0.29) is 50.3 Å². The van der Waals surface area contributed by atoms with Crippen LogP contribution in [0.5, 0.6) is 5.75 Å². The molecule has 0 radical (unpaired) electrons. The van der Waals surface area contributed by atoms with Crippen LogP contribution < -0.4 is 10.1 Å². The van der Waals surface area contributed by atoms with Gasteiger partial charge < -0.3 is 25.0 Å². The van der Waals surface area contributed by atoms with Gasteiger partial charge >= 0.3 is 12.0 Å². The highest BCUT2D eigenvalue weighted by Gasteiger charge is 2.39. The molecular formula is C34H41N5O6. The minimum Gasteiger partial charge on any atom is -0.497 e. The zero-order chi connectivity index (χ0) is 32.3. The Labute approximate surface area is 263 Å². The first-order chi connectivity index (χ1) is 21.7. The predicted molar refractivity (Wildman–Crippen MR) is 169 cm³/mol. The lowest BCUT2D eigenvalue weighted by atomic mass is 9.88. The van der Waals surface area contributed by atoms with E-state index in [0.29, 0.717) is 18.7 Å². The number of nitrogens with zero attached hydrogens (tertiary/aromatic N) is 4. The Hall–Kier alpha value is -4.90. The van der Waals surface area contributed by atoms with Gasteiger partial charge in [-0.15, -0.1) is 0 Å². The molecule has 1 aliphatic rings. The quantitative estimate of drug-likeness (QED) is 0.300. The first-order valence-electron chi connectivity index (χ1n) is 14.9. The lowest BCUT2D eigenvalue weighted by Crippen LogP contribution is -2.65. The number of amides is 4. The van der Waals surface area contributed by atoms with E-state index in [9.17, 15) is 24.3 Å². The number of likely N-dealkylation sites (N-methyl/N-ethyl adjacent to an activating group) is 2. The van der Waals surface area contributed by atoms with Crippen molar-refractivity contribution in [2.45, 2.75) is 37.8 Å². The molecule has 0 saturated carbocycles. The fourth-order valence-electron chi connectivity index (χ4n) is 5.46. The predicted octanol–water partition coefficient (Wildman–Crippen LogP) is 3.77. The molecule has 4 rings (SSSR count). The van der Waals surface area contributed by atoms with Crippen molar-refractivity contribution < 1.29 is 29.0 Å². The van der Waals surface area contributed by atoms with Crippen molar-refractivity contribution in [1.82, 2.24) is 25.1 Å². The van der Waals surface area contributed by atoms with E-state index in [0.717, 1.165) is 16.7 Å². The van der Waals surface area contributed by atoms with E-state index < -0.39 is 18.0 Å². The third kappa shape index (κ3) is 8.82. The number of methoxy groups -OCH3 is 1. The highest BCUT2D eigenvalue weighted by Crippen LogP contribution is 2.28. The monoisotopic (exact) mass is 615 g/mol. The summed E-state index contributed by atoms with van der Waals surface area (Å²) in [6, 6.07) is 25.9. The number of hydrazine groups is 1. The molecule has 0 aliphatic carbocycles. The normalized spacial score (nSPS) is 14.3. The van der Waals surface area contributed by atoms with Gasteiger partial charge in [0.15, 0.2) is 0 Å². The molecule has 45 heavy (non-hydrogen) atoms. The van der Waals surface area contributed by atoms with Gasteiger partial charge in [-0.2, -0.15) is 0 Å². The molecule has 1 atom stereocenters. The molecule has 0 spiro atoms. The molecule has 11 heteroatoms. The zero-order valence-electron chi connectivity index (χ0n) is 26.0. The van der Waals surface area contributed by atoms with Crippen LogP contribution in [0.1, 0.15) is 41.9 Å². The second kappa shape index (κ2) is 15.7. The maximum absolute atomic E-state index is 13.9. The standard InChI is InChI=1S/C34H41N5O6/c1-36(21-20-29(26-10-6-4-7-11-26)27-12-8-5-9-13-27)33(43)30(18-19-32(41)42)38-24-39(37(2)23-31(38)40)34(44)35-22-25-14-16-28(45-3)17-15-25/h4-17,29-30H,18-24H2,1-3H3,(H,35,44)(H,41,42). The van der Waals surface area contributed by atoms with Crippen LogP contribution in [0, 0.1) is 0 Å². The van der Waals surface area contributed by atoms with Crippen LogP contribution in [-0.4, -0.2) is 95.7 Å². The number of rotatable bonds is 13. The number of hydrogen-bond acceptors (Lipinski definition) is 6. The number of carboxylic acids is 1. The summed E-state index contributed by atoms with van der Waals surface area (Å²) in [5.41, 5.74) is 3.10. The Balaban J connectivity index is 1.47. The van der Waals surface area contributed by atoms with Crippen LogP contribution >= 0.6 is 0 Å². The van der Waals surface area contributed by atoms with Crippen LogP contribution in [0.2, 0.25) is 0 Å². The molecule has 11 nitrogen and oxygen atoms in total. The maximum Gasteiger partial charge on any atom is 0.333 e. The number of nitrogens with one attached hydrogen (secondary N) is 1. The van der Waals surface area contributed by atoms with Crippen molar-refractivity contribution in [3.63, 3.8) is 0 Å². The van der Waals surface area contributed by atoms with E-state index in [1.54, 1.807) is 38.2 Å². The molecule has 1 heterocycles. The molecule has 1 unspecified atom stereocenters.